The second-order valence-corrected chi connectivity index (χ2v) is 7.58. The minimum Gasteiger partial charge on any atom is -0.342 e. The molecule has 1 fully saturated rings. The van der Waals surface area contributed by atoms with Crippen molar-refractivity contribution in [1.29, 1.82) is 0 Å². The van der Waals surface area contributed by atoms with E-state index in [1.54, 1.807) is 42.7 Å². The highest BCUT2D eigenvalue weighted by Crippen LogP contribution is 2.33. The Kier molecular flexibility index (Phi) is 6.12. The molecule has 1 amide bonds. The number of benzene rings is 2. The van der Waals surface area contributed by atoms with Crippen molar-refractivity contribution in [1.82, 2.24) is 14.9 Å². The van der Waals surface area contributed by atoms with Crippen LogP contribution in [0.2, 0.25) is 0 Å². The first kappa shape index (κ1) is 20.1. The molecule has 1 atom stereocenters. The molecule has 2 aromatic carbocycles. The highest BCUT2D eigenvalue weighted by molar-refractivity contribution is 5.76. The zero-order valence-corrected chi connectivity index (χ0v) is 16.6. The molecule has 0 aliphatic carbocycles. The summed E-state index contributed by atoms with van der Waals surface area (Å²) in [4.78, 5) is 23.6. The zero-order valence-electron chi connectivity index (χ0n) is 16.6. The van der Waals surface area contributed by atoms with E-state index in [2.05, 4.69) is 9.97 Å². The number of rotatable bonds is 5. The molecule has 0 N–H and O–H groups in total. The van der Waals surface area contributed by atoms with E-state index in [0.29, 0.717) is 37.2 Å². The van der Waals surface area contributed by atoms with Crippen LogP contribution in [-0.2, 0) is 11.2 Å². The van der Waals surface area contributed by atoms with Crippen LogP contribution in [0, 0.1) is 11.6 Å². The highest BCUT2D eigenvalue weighted by Gasteiger charge is 2.28. The van der Waals surface area contributed by atoms with Gasteiger partial charge in [0, 0.05) is 43.4 Å². The van der Waals surface area contributed by atoms with Crippen molar-refractivity contribution in [2.75, 3.05) is 13.1 Å². The predicted octanol–water partition coefficient (Wildman–Crippen LogP) is 4.76. The Labute approximate surface area is 174 Å². The van der Waals surface area contributed by atoms with Crippen LogP contribution in [-0.4, -0.2) is 33.9 Å². The first-order chi connectivity index (χ1) is 14.6. The Hall–Kier alpha value is -3.15. The predicted molar refractivity (Wildman–Crippen MR) is 111 cm³/mol. The topological polar surface area (TPSA) is 46.1 Å². The average Bonchev–Trinajstić information content (AvgIpc) is 2.79. The SMILES string of the molecule is O=C(CCc1ccc(F)cc1)N1CCCC(c2nccnc2-c2ccccc2F)C1. The smallest absolute Gasteiger partial charge is 0.222 e. The second kappa shape index (κ2) is 9.11. The van der Waals surface area contributed by atoms with Gasteiger partial charge in [-0.3, -0.25) is 14.8 Å². The van der Waals surface area contributed by atoms with Crippen molar-refractivity contribution < 1.29 is 13.6 Å². The summed E-state index contributed by atoms with van der Waals surface area (Å²) in [5, 5.41) is 0. The van der Waals surface area contributed by atoms with E-state index in [9.17, 15) is 13.6 Å². The summed E-state index contributed by atoms with van der Waals surface area (Å²) < 4.78 is 27.4. The first-order valence-electron chi connectivity index (χ1n) is 10.2. The second-order valence-electron chi connectivity index (χ2n) is 7.58. The van der Waals surface area contributed by atoms with Crippen LogP contribution >= 0.6 is 0 Å². The third kappa shape index (κ3) is 4.53. The molecule has 4 rings (SSSR count). The minimum atomic E-state index is -0.331. The number of aryl methyl sites for hydroxylation is 1. The maximum Gasteiger partial charge on any atom is 0.222 e. The van der Waals surface area contributed by atoms with Crippen molar-refractivity contribution in [3.05, 3.63) is 83.8 Å². The number of likely N-dealkylation sites (tertiary alicyclic amines) is 1. The van der Waals surface area contributed by atoms with Crippen LogP contribution in [0.15, 0.2) is 60.9 Å². The van der Waals surface area contributed by atoms with Crippen molar-refractivity contribution >= 4 is 5.91 Å². The summed E-state index contributed by atoms with van der Waals surface area (Å²) in [6.07, 6.45) is 5.88. The first-order valence-corrected chi connectivity index (χ1v) is 10.2. The number of carbonyl (C=O) groups excluding carboxylic acids is 1. The fraction of sp³-hybridized carbons (Fsp3) is 0.292. The molecule has 30 heavy (non-hydrogen) atoms. The molecule has 3 aromatic rings. The molecule has 0 spiro atoms. The van der Waals surface area contributed by atoms with Crippen molar-refractivity contribution in [3.8, 4) is 11.3 Å². The van der Waals surface area contributed by atoms with Crippen LogP contribution in [0.5, 0.6) is 0 Å². The Balaban J connectivity index is 1.47. The van der Waals surface area contributed by atoms with Crippen LogP contribution in [0.1, 0.15) is 36.4 Å². The number of hydrogen-bond donors (Lipinski definition) is 0. The minimum absolute atomic E-state index is 0.0110. The number of hydrogen-bond acceptors (Lipinski definition) is 3. The summed E-state index contributed by atoms with van der Waals surface area (Å²) in [5.41, 5.74) is 2.65. The normalized spacial score (nSPS) is 16.5. The number of aromatic nitrogens is 2. The molecule has 4 nitrogen and oxygen atoms in total. The van der Waals surface area contributed by atoms with E-state index < -0.39 is 0 Å². The molecule has 6 heteroatoms. The van der Waals surface area contributed by atoms with Gasteiger partial charge in [0.05, 0.1) is 11.4 Å². The maximum atomic E-state index is 14.4. The van der Waals surface area contributed by atoms with Crippen LogP contribution in [0.4, 0.5) is 8.78 Å². The van der Waals surface area contributed by atoms with Gasteiger partial charge in [-0.25, -0.2) is 8.78 Å². The van der Waals surface area contributed by atoms with Gasteiger partial charge in [0.15, 0.2) is 0 Å². The van der Waals surface area contributed by atoms with E-state index in [4.69, 9.17) is 0 Å². The van der Waals surface area contributed by atoms with Crippen molar-refractivity contribution in [2.45, 2.75) is 31.6 Å². The number of halogens is 2. The Morgan fingerprint density at radius 2 is 1.80 bits per heavy atom. The Morgan fingerprint density at radius 1 is 1.03 bits per heavy atom. The van der Waals surface area contributed by atoms with Gasteiger partial charge in [0.1, 0.15) is 11.6 Å². The molecule has 0 radical (unpaired) electrons. The monoisotopic (exact) mass is 407 g/mol. The third-order valence-corrected chi connectivity index (χ3v) is 5.56. The molecule has 0 saturated carbocycles. The third-order valence-electron chi connectivity index (χ3n) is 5.56. The largest absolute Gasteiger partial charge is 0.342 e. The van der Waals surface area contributed by atoms with Gasteiger partial charge in [-0.2, -0.15) is 0 Å². The van der Waals surface area contributed by atoms with Crippen LogP contribution in [0.25, 0.3) is 11.3 Å². The van der Waals surface area contributed by atoms with E-state index in [1.165, 1.54) is 18.2 Å². The Bertz CT molecular complexity index is 1020. The summed E-state index contributed by atoms with van der Waals surface area (Å²) in [6, 6.07) is 12.8. The lowest BCUT2D eigenvalue weighted by molar-refractivity contribution is -0.132. The molecule has 1 saturated heterocycles. The van der Waals surface area contributed by atoms with Gasteiger partial charge in [0.2, 0.25) is 5.91 Å². The lowest BCUT2D eigenvalue weighted by Gasteiger charge is -2.33. The molecule has 2 heterocycles. The fourth-order valence-electron chi connectivity index (χ4n) is 4.00. The lowest BCUT2D eigenvalue weighted by Crippen LogP contribution is -2.39. The fourth-order valence-corrected chi connectivity index (χ4v) is 4.00. The van der Waals surface area contributed by atoms with E-state index in [0.717, 1.165) is 24.1 Å². The standard InChI is InChI=1S/C24H23F2N3O/c25-19-10-7-17(8-11-19)9-12-22(30)29-15-3-4-18(16-29)23-24(28-14-13-27-23)20-5-1-2-6-21(20)26/h1-2,5-8,10-11,13-14,18H,3-4,9,12,15-16H2. The van der Waals surface area contributed by atoms with Gasteiger partial charge in [0.25, 0.3) is 0 Å². The number of carbonyl (C=O) groups is 1. The van der Waals surface area contributed by atoms with Gasteiger partial charge < -0.3 is 4.90 Å². The quantitative estimate of drug-likeness (QED) is 0.613. The molecule has 1 aliphatic heterocycles. The lowest BCUT2D eigenvalue weighted by atomic mass is 9.91. The zero-order chi connectivity index (χ0) is 20.9. The Morgan fingerprint density at radius 3 is 2.60 bits per heavy atom. The summed E-state index contributed by atoms with van der Waals surface area (Å²) in [6.45, 7) is 1.25. The summed E-state index contributed by atoms with van der Waals surface area (Å²) in [7, 11) is 0. The van der Waals surface area contributed by atoms with E-state index in [1.807, 2.05) is 4.90 Å². The van der Waals surface area contributed by atoms with E-state index >= 15 is 0 Å². The average molecular weight is 407 g/mol. The molecule has 1 unspecified atom stereocenters. The molecular formula is C24H23F2N3O. The highest BCUT2D eigenvalue weighted by atomic mass is 19.1. The molecule has 0 bridgehead atoms. The summed E-state index contributed by atoms with van der Waals surface area (Å²) >= 11 is 0. The molecular weight excluding hydrogens is 384 g/mol. The van der Waals surface area contributed by atoms with Gasteiger partial charge in [-0.15, -0.1) is 0 Å². The van der Waals surface area contributed by atoms with Gasteiger partial charge >= 0.3 is 0 Å². The van der Waals surface area contributed by atoms with E-state index in [-0.39, 0.29) is 23.5 Å². The number of nitrogens with zero attached hydrogens (tertiary/aromatic N) is 3. The molecule has 1 aromatic heterocycles. The molecule has 1 aliphatic rings. The number of piperidine rings is 1. The maximum absolute atomic E-state index is 14.4. The van der Waals surface area contributed by atoms with Crippen molar-refractivity contribution in [2.24, 2.45) is 0 Å². The van der Waals surface area contributed by atoms with Crippen LogP contribution in [0.3, 0.4) is 0 Å². The summed E-state index contributed by atoms with van der Waals surface area (Å²) in [5.74, 6) is -0.530. The van der Waals surface area contributed by atoms with Crippen molar-refractivity contribution in [3.63, 3.8) is 0 Å². The number of amides is 1. The molecule has 154 valence electrons. The van der Waals surface area contributed by atoms with Gasteiger partial charge in [-0.05, 0) is 49.1 Å². The van der Waals surface area contributed by atoms with Crippen LogP contribution < -0.4 is 0 Å². The van der Waals surface area contributed by atoms with Gasteiger partial charge in [-0.1, -0.05) is 24.3 Å².